The van der Waals surface area contributed by atoms with Crippen LogP contribution in [0.1, 0.15) is 6.23 Å². The fraction of sp³-hybridized carbons (Fsp3) is 0.500. The first kappa shape index (κ1) is 22.7. The zero-order valence-corrected chi connectivity index (χ0v) is 16.5. The molecule has 15 nitrogen and oxygen atoms in total. The van der Waals surface area contributed by atoms with Crippen LogP contribution in [-0.2, 0) is 31.6 Å². The molecule has 0 saturated carbocycles. The van der Waals surface area contributed by atoms with Crippen LogP contribution in [0.4, 0.5) is 5.82 Å². The number of aromatic nitrogens is 2. The van der Waals surface area contributed by atoms with Gasteiger partial charge in [0.15, 0.2) is 0 Å². The lowest BCUT2D eigenvalue weighted by atomic mass is 10.5. The molecule has 0 aliphatic carbocycles. The van der Waals surface area contributed by atoms with Gasteiger partial charge >= 0.3 is 29.2 Å². The smallest absolute Gasteiger partial charge is 0.383 e. The average molecular weight is 469 g/mol. The Bertz CT molecular complexity index is 887. The largest absolute Gasteiger partial charge is 0.490 e. The zero-order valence-electron chi connectivity index (χ0n) is 13.0. The van der Waals surface area contributed by atoms with Gasteiger partial charge in [-0.3, -0.25) is 9.09 Å². The molecule has 1 aromatic rings. The molecule has 154 valence electrons. The maximum absolute atomic E-state index is 11.7. The van der Waals surface area contributed by atoms with E-state index in [1.54, 1.807) is 0 Å². The van der Waals surface area contributed by atoms with Crippen LogP contribution in [0.25, 0.3) is 0 Å². The third kappa shape index (κ3) is 7.38. The van der Waals surface area contributed by atoms with Gasteiger partial charge in [-0.25, -0.2) is 18.5 Å². The van der Waals surface area contributed by atoms with E-state index in [1.165, 1.54) is 12.3 Å². The summed E-state index contributed by atoms with van der Waals surface area (Å²) in [6.07, 6.45) is 0.575. The fourth-order valence-electron chi connectivity index (χ4n) is 1.78. The third-order valence-electron chi connectivity index (χ3n) is 2.69. The number of nitrogens with zero attached hydrogens (tertiary/aromatic N) is 2. The van der Waals surface area contributed by atoms with E-state index in [2.05, 4.69) is 18.1 Å². The van der Waals surface area contributed by atoms with Crippen molar-refractivity contribution in [2.24, 2.45) is 0 Å². The minimum absolute atomic E-state index is 0.0195. The third-order valence-corrected chi connectivity index (χ3v) is 7.58. The van der Waals surface area contributed by atoms with Crippen molar-refractivity contribution in [2.75, 3.05) is 18.1 Å². The Kier molecular flexibility index (Phi) is 7.07. The second kappa shape index (κ2) is 8.41. The quantitative estimate of drug-likeness (QED) is 0.309. The summed E-state index contributed by atoms with van der Waals surface area (Å²) >= 11 is 1.09. The summed E-state index contributed by atoms with van der Waals surface area (Å²) in [5, 5.41) is 0. The summed E-state index contributed by atoms with van der Waals surface area (Å²) in [5.74, 6) is 0.266. The van der Waals surface area contributed by atoms with Gasteiger partial charge in [0.05, 0.1) is 6.61 Å². The summed E-state index contributed by atoms with van der Waals surface area (Å²) in [5.41, 5.74) is 3.83. The molecule has 0 bridgehead atoms. The molecule has 4 atom stereocenters. The first-order valence-electron chi connectivity index (χ1n) is 6.66. The maximum Gasteiger partial charge on any atom is 0.490 e. The van der Waals surface area contributed by atoms with E-state index >= 15 is 0 Å². The molecule has 0 aromatic carbocycles. The molecule has 1 fully saturated rings. The molecule has 27 heavy (non-hydrogen) atoms. The van der Waals surface area contributed by atoms with Gasteiger partial charge < -0.3 is 30.0 Å². The number of ether oxygens (including phenoxy) is 1. The van der Waals surface area contributed by atoms with Crippen LogP contribution < -0.4 is 11.4 Å². The normalized spacial score (nSPS) is 25.0. The minimum atomic E-state index is -5.58. The fourth-order valence-corrected chi connectivity index (χ4v) is 5.89. The number of nitrogens with two attached hydrogens (primary N) is 1. The summed E-state index contributed by atoms with van der Waals surface area (Å²) in [6, 6.07) is 1.37. The van der Waals surface area contributed by atoms with Crippen molar-refractivity contribution in [1.29, 1.82) is 0 Å². The number of nitrogen functional groups attached to an aromatic ring is 1. The standard InChI is InChI=1S/C8H14N3O12P3S/c9-5-1-2-11(8(12)10-5)6-4-27-7(21-6)3-20-25(16,17)23-26(18,19)22-24(13,14)15/h1-2,6-7H,3-4H2,(H,16,17)(H,18,19)(H2,9,10,12)(H2,13,14,15)/t6-,7+/m1/s1. The van der Waals surface area contributed by atoms with Crippen LogP contribution in [-0.4, -0.2) is 46.9 Å². The van der Waals surface area contributed by atoms with E-state index in [0.717, 1.165) is 16.3 Å². The molecular weight excluding hydrogens is 455 g/mol. The topological polar surface area (TPSA) is 230 Å². The zero-order chi connectivity index (χ0) is 20.5. The molecule has 2 heterocycles. The molecule has 1 aromatic heterocycles. The second-order valence-corrected chi connectivity index (χ2v) is 10.4. The van der Waals surface area contributed by atoms with Crippen molar-refractivity contribution in [1.82, 2.24) is 9.55 Å². The first-order chi connectivity index (χ1) is 12.3. The first-order valence-corrected chi connectivity index (χ1v) is 12.2. The SMILES string of the molecule is Nc1ccn([C@H]2CS[C@@H](COP(=O)(O)OP(=O)(O)OP(=O)(O)O)O2)c(=O)n1. The van der Waals surface area contributed by atoms with Gasteiger partial charge in [-0.05, 0) is 6.07 Å². The molecule has 0 radical (unpaired) electrons. The number of hydrogen-bond acceptors (Lipinski definition) is 11. The van der Waals surface area contributed by atoms with Gasteiger partial charge in [-0.2, -0.15) is 13.6 Å². The Morgan fingerprint density at radius 3 is 2.52 bits per heavy atom. The Labute approximate surface area is 154 Å². The van der Waals surface area contributed by atoms with Crippen molar-refractivity contribution >= 4 is 41.0 Å². The average Bonchev–Trinajstić information content (AvgIpc) is 2.90. The molecule has 1 aliphatic heterocycles. The highest BCUT2D eigenvalue weighted by Gasteiger charge is 2.41. The maximum atomic E-state index is 11.7. The molecule has 1 saturated heterocycles. The van der Waals surface area contributed by atoms with Gasteiger partial charge in [0.2, 0.25) is 0 Å². The molecule has 2 unspecified atom stereocenters. The van der Waals surface area contributed by atoms with Crippen molar-refractivity contribution in [2.45, 2.75) is 11.7 Å². The highest BCUT2D eigenvalue weighted by molar-refractivity contribution is 8.00. The lowest BCUT2D eigenvalue weighted by Crippen LogP contribution is -2.28. The molecule has 0 amide bonds. The molecule has 0 spiro atoms. The lowest BCUT2D eigenvalue weighted by Gasteiger charge is -2.18. The van der Waals surface area contributed by atoms with Gasteiger partial charge in [0.25, 0.3) is 0 Å². The van der Waals surface area contributed by atoms with Crippen molar-refractivity contribution in [3.05, 3.63) is 22.7 Å². The monoisotopic (exact) mass is 469 g/mol. The van der Waals surface area contributed by atoms with Gasteiger partial charge in [-0.15, -0.1) is 11.8 Å². The number of anilines is 1. The van der Waals surface area contributed by atoms with Crippen molar-refractivity contribution in [3.63, 3.8) is 0 Å². The highest BCUT2D eigenvalue weighted by Crippen LogP contribution is 2.66. The summed E-state index contributed by atoms with van der Waals surface area (Å²) in [4.78, 5) is 50.5. The minimum Gasteiger partial charge on any atom is -0.383 e. The van der Waals surface area contributed by atoms with Crippen molar-refractivity contribution in [3.8, 4) is 0 Å². The molecule has 2 rings (SSSR count). The van der Waals surface area contributed by atoms with Crippen LogP contribution in [0.15, 0.2) is 17.1 Å². The van der Waals surface area contributed by atoms with Crippen LogP contribution in [0, 0.1) is 0 Å². The number of thioether (sulfide) groups is 1. The number of rotatable bonds is 8. The lowest BCUT2D eigenvalue weighted by molar-refractivity contribution is -0.00646. The summed E-state index contributed by atoms with van der Waals surface area (Å²) < 4.78 is 51.5. The molecule has 19 heteroatoms. The Morgan fingerprint density at radius 2 is 1.93 bits per heavy atom. The van der Waals surface area contributed by atoms with E-state index < -0.39 is 47.4 Å². The van der Waals surface area contributed by atoms with E-state index in [9.17, 15) is 23.4 Å². The Morgan fingerprint density at radius 1 is 1.26 bits per heavy atom. The van der Waals surface area contributed by atoms with Crippen LogP contribution in [0.2, 0.25) is 0 Å². The van der Waals surface area contributed by atoms with E-state index in [-0.39, 0.29) is 11.6 Å². The van der Waals surface area contributed by atoms with Crippen LogP contribution in [0.3, 0.4) is 0 Å². The van der Waals surface area contributed by atoms with Crippen molar-refractivity contribution < 1.29 is 51.2 Å². The predicted molar refractivity (Wildman–Crippen MR) is 89.1 cm³/mol. The number of phosphoric ester groups is 1. The highest BCUT2D eigenvalue weighted by atomic mass is 32.2. The Balaban J connectivity index is 1.91. The van der Waals surface area contributed by atoms with Crippen LogP contribution >= 0.6 is 35.2 Å². The number of hydrogen-bond donors (Lipinski definition) is 5. The number of phosphoric acid groups is 3. The van der Waals surface area contributed by atoms with Gasteiger partial charge in [0, 0.05) is 11.9 Å². The van der Waals surface area contributed by atoms with E-state index in [1.807, 2.05) is 0 Å². The van der Waals surface area contributed by atoms with Crippen LogP contribution in [0.5, 0.6) is 0 Å². The molecule has 1 aliphatic rings. The summed E-state index contributed by atoms with van der Waals surface area (Å²) in [7, 11) is -16.3. The van der Waals surface area contributed by atoms with E-state index in [0.29, 0.717) is 0 Å². The Hall–Kier alpha value is -0.600. The van der Waals surface area contributed by atoms with E-state index in [4.69, 9.17) is 25.2 Å². The van der Waals surface area contributed by atoms with Gasteiger partial charge in [0.1, 0.15) is 17.5 Å². The molecular formula is C8H14N3O12P3S. The molecule has 6 N–H and O–H groups in total. The summed E-state index contributed by atoms with van der Waals surface area (Å²) in [6.45, 7) is -0.623. The predicted octanol–water partition coefficient (Wildman–Crippen LogP) is -0.243. The van der Waals surface area contributed by atoms with Gasteiger partial charge in [-0.1, -0.05) is 0 Å². The second-order valence-electron chi connectivity index (χ2n) is 4.78.